The molecule has 1 rings (SSSR count). The van der Waals surface area contributed by atoms with Crippen LogP contribution in [0.1, 0.15) is 60.3 Å². The molecule has 1 aliphatic rings. The number of carbonyl (C=O) groups excluding carboxylic acids is 2. The number of aliphatic hydroxyl groups is 1. The molecule has 0 aromatic carbocycles. The molecule has 0 aromatic rings. The molecule has 1 unspecified atom stereocenters. The molecule has 1 N–H and O–H groups in total. The van der Waals surface area contributed by atoms with Crippen molar-refractivity contribution in [1.29, 1.82) is 0 Å². The van der Waals surface area contributed by atoms with Crippen molar-refractivity contribution in [2.24, 2.45) is 5.41 Å². The molecule has 0 spiro atoms. The number of piperidine rings is 1. The van der Waals surface area contributed by atoms with E-state index >= 15 is 0 Å². The van der Waals surface area contributed by atoms with E-state index in [1.165, 1.54) is 0 Å². The Hall–Kier alpha value is -0.940. The lowest BCUT2D eigenvalue weighted by Crippen LogP contribution is -2.52. The topological polar surface area (TPSA) is 66.8 Å². The number of likely N-dealkylation sites (tertiary alicyclic amines) is 1. The molecule has 0 bridgehead atoms. The number of carbonyl (C=O) groups is 2. The minimum absolute atomic E-state index is 0.0771. The van der Waals surface area contributed by atoms with E-state index in [4.69, 9.17) is 4.74 Å². The maximum Gasteiger partial charge on any atom is 0.306 e. The number of nitrogens with zero attached hydrogens (tertiary/aromatic N) is 1. The van der Waals surface area contributed by atoms with Crippen LogP contribution in [0.2, 0.25) is 0 Å². The van der Waals surface area contributed by atoms with Crippen LogP contribution in [0.3, 0.4) is 0 Å². The molecule has 1 aliphatic heterocycles. The van der Waals surface area contributed by atoms with Gasteiger partial charge in [-0.2, -0.15) is 0 Å². The van der Waals surface area contributed by atoms with Gasteiger partial charge in [-0.1, -0.05) is 20.8 Å². The van der Waals surface area contributed by atoms with Crippen molar-refractivity contribution in [3.8, 4) is 0 Å². The van der Waals surface area contributed by atoms with Crippen LogP contribution in [0.15, 0.2) is 0 Å². The fourth-order valence-corrected chi connectivity index (χ4v) is 2.76. The normalized spacial score (nSPS) is 22.4. The number of ketones is 1. The third-order valence-electron chi connectivity index (χ3n) is 4.34. The van der Waals surface area contributed by atoms with Gasteiger partial charge in [-0.15, -0.1) is 0 Å². The SMILES string of the molecule is CC(C)(C)C(=O)CCC(=O)OCCN1CCC(O)CC1(C)C. The molecule has 0 aliphatic carbocycles. The van der Waals surface area contributed by atoms with E-state index in [9.17, 15) is 14.7 Å². The van der Waals surface area contributed by atoms with Crippen molar-refractivity contribution >= 4 is 11.8 Å². The van der Waals surface area contributed by atoms with E-state index in [0.29, 0.717) is 13.2 Å². The smallest absolute Gasteiger partial charge is 0.306 e. The number of Topliss-reactive ketones (excluding diaryl/α,β-unsaturated/α-hetero) is 1. The summed E-state index contributed by atoms with van der Waals surface area (Å²) in [5, 5.41) is 9.72. The summed E-state index contributed by atoms with van der Waals surface area (Å²) in [5.74, 6) is -0.233. The van der Waals surface area contributed by atoms with Crippen molar-refractivity contribution in [2.75, 3.05) is 19.7 Å². The quantitative estimate of drug-likeness (QED) is 0.761. The third kappa shape index (κ3) is 6.05. The van der Waals surface area contributed by atoms with Gasteiger partial charge < -0.3 is 9.84 Å². The Morgan fingerprint density at radius 1 is 1.27 bits per heavy atom. The maximum absolute atomic E-state index is 11.8. The van der Waals surface area contributed by atoms with E-state index in [1.807, 2.05) is 20.8 Å². The number of esters is 1. The van der Waals surface area contributed by atoms with Gasteiger partial charge in [0.1, 0.15) is 12.4 Å². The summed E-state index contributed by atoms with van der Waals surface area (Å²) >= 11 is 0. The summed E-state index contributed by atoms with van der Waals surface area (Å²) < 4.78 is 5.23. The Morgan fingerprint density at radius 3 is 2.45 bits per heavy atom. The molecular formula is C17H31NO4. The van der Waals surface area contributed by atoms with Crippen LogP contribution in [0, 0.1) is 5.41 Å². The van der Waals surface area contributed by atoms with E-state index in [-0.39, 0.29) is 36.2 Å². The second-order valence-corrected chi connectivity index (χ2v) is 7.84. The van der Waals surface area contributed by atoms with Crippen molar-refractivity contribution in [3.05, 3.63) is 0 Å². The van der Waals surface area contributed by atoms with Gasteiger partial charge in [0.15, 0.2) is 0 Å². The van der Waals surface area contributed by atoms with Crippen LogP contribution in [0.25, 0.3) is 0 Å². The van der Waals surface area contributed by atoms with E-state index < -0.39 is 5.41 Å². The van der Waals surface area contributed by atoms with Crippen molar-refractivity contribution in [2.45, 2.75) is 71.9 Å². The van der Waals surface area contributed by atoms with Crippen molar-refractivity contribution in [1.82, 2.24) is 4.90 Å². The Balaban J connectivity index is 2.26. The van der Waals surface area contributed by atoms with Gasteiger partial charge in [0, 0.05) is 30.5 Å². The maximum atomic E-state index is 11.8. The molecule has 22 heavy (non-hydrogen) atoms. The van der Waals surface area contributed by atoms with Crippen LogP contribution < -0.4 is 0 Å². The summed E-state index contributed by atoms with van der Waals surface area (Å²) in [6, 6.07) is 0. The fraction of sp³-hybridized carbons (Fsp3) is 0.882. The zero-order valence-electron chi connectivity index (χ0n) is 14.6. The lowest BCUT2D eigenvalue weighted by atomic mass is 9.88. The first-order valence-corrected chi connectivity index (χ1v) is 8.14. The molecular weight excluding hydrogens is 282 g/mol. The number of hydrogen-bond donors (Lipinski definition) is 1. The molecule has 5 nitrogen and oxygen atoms in total. The minimum Gasteiger partial charge on any atom is -0.464 e. The zero-order valence-corrected chi connectivity index (χ0v) is 14.6. The van der Waals surface area contributed by atoms with Gasteiger partial charge in [-0.25, -0.2) is 0 Å². The molecule has 0 saturated carbocycles. The molecule has 1 heterocycles. The summed E-state index contributed by atoms with van der Waals surface area (Å²) in [7, 11) is 0. The Kier molecular flexibility index (Phi) is 6.56. The second kappa shape index (κ2) is 7.55. The van der Waals surface area contributed by atoms with Gasteiger partial charge in [0.25, 0.3) is 0 Å². The summed E-state index contributed by atoms with van der Waals surface area (Å²) in [4.78, 5) is 25.7. The summed E-state index contributed by atoms with van der Waals surface area (Å²) in [5.41, 5.74) is -0.481. The highest BCUT2D eigenvalue weighted by atomic mass is 16.5. The van der Waals surface area contributed by atoms with Gasteiger partial charge in [-0.05, 0) is 26.7 Å². The van der Waals surface area contributed by atoms with Gasteiger partial charge >= 0.3 is 5.97 Å². The van der Waals surface area contributed by atoms with Crippen LogP contribution in [-0.2, 0) is 14.3 Å². The van der Waals surface area contributed by atoms with E-state index in [0.717, 1.165) is 19.4 Å². The largest absolute Gasteiger partial charge is 0.464 e. The number of ether oxygens (including phenoxy) is 1. The lowest BCUT2D eigenvalue weighted by molar-refractivity contribution is -0.146. The van der Waals surface area contributed by atoms with Crippen LogP contribution in [0.4, 0.5) is 0 Å². The summed E-state index contributed by atoms with van der Waals surface area (Å²) in [6.45, 7) is 11.6. The first-order valence-electron chi connectivity index (χ1n) is 8.14. The average Bonchev–Trinajstić information content (AvgIpc) is 2.36. The average molecular weight is 313 g/mol. The molecule has 128 valence electrons. The van der Waals surface area contributed by atoms with Crippen molar-refractivity contribution < 1.29 is 19.4 Å². The lowest BCUT2D eigenvalue weighted by Gasteiger charge is -2.44. The monoisotopic (exact) mass is 313 g/mol. The van der Waals surface area contributed by atoms with Crippen LogP contribution in [-0.4, -0.2) is 53.1 Å². The highest BCUT2D eigenvalue weighted by Gasteiger charge is 2.33. The predicted molar refractivity (Wildman–Crippen MR) is 85.5 cm³/mol. The molecule has 0 aromatic heterocycles. The highest BCUT2D eigenvalue weighted by Crippen LogP contribution is 2.27. The fourth-order valence-electron chi connectivity index (χ4n) is 2.76. The standard InChI is InChI=1S/C17H31NO4/c1-16(2,3)14(20)6-7-15(21)22-11-10-18-9-8-13(19)12-17(18,4)5/h13,19H,6-12H2,1-5H3. The third-order valence-corrected chi connectivity index (χ3v) is 4.34. The Bertz CT molecular complexity index is 398. The molecule has 0 amide bonds. The molecule has 0 radical (unpaired) electrons. The van der Waals surface area contributed by atoms with Crippen LogP contribution in [0.5, 0.6) is 0 Å². The number of hydrogen-bond acceptors (Lipinski definition) is 5. The molecule has 1 atom stereocenters. The first kappa shape index (κ1) is 19.1. The molecule has 5 heteroatoms. The van der Waals surface area contributed by atoms with E-state index in [2.05, 4.69) is 18.7 Å². The Morgan fingerprint density at radius 2 is 1.91 bits per heavy atom. The minimum atomic E-state index is -0.404. The number of rotatable bonds is 6. The summed E-state index contributed by atoms with van der Waals surface area (Å²) in [6.07, 6.45) is 1.65. The molecule has 1 saturated heterocycles. The van der Waals surface area contributed by atoms with Gasteiger partial charge in [-0.3, -0.25) is 14.5 Å². The Labute approximate surface area is 134 Å². The van der Waals surface area contributed by atoms with E-state index in [1.54, 1.807) is 0 Å². The zero-order chi connectivity index (χ0) is 17.0. The predicted octanol–water partition coefficient (Wildman–Crippen LogP) is 2.16. The highest BCUT2D eigenvalue weighted by molar-refractivity contribution is 5.86. The molecule has 1 fully saturated rings. The van der Waals surface area contributed by atoms with Crippen LogP contribution >= 0.6 is 0 Å². The van der Waals surface area contributed by atoms with Crippen molar-refractivity contribution in [3.63, 3.8) is 0 Å². The number of aliphatic hydroxyl groups excluding tert-OH is 1. The van der Waals surface area contributed by atoms with Gasteiger partial charge in [0.2, 0.25) is 0 Å². The first-order chi connectivity index (χ1) is 10.0. The van der Waals surface area contributed by atoms with Gasteiger partial charge in [0.05, 0.1) is 12.5 Å². The second-order valence-electron chi connectivity index (χ2n) is 7.84.